The van der Waals surface area contributed by atoms with Crippen LogP contribution in [0, 0.1) is 11.7 Å². The summed E-state index contributed by atoms with van der Waals surface area (Å²) in [6, 6.07) is 11.2. The molecule has 0 bridgehead atoms. The third kappa shape index (κ3) is 6.83. The molecule has 0 heterocycles. The lowest BCUT2D eigenvalue weighted by atomic mass is 10.1. The minimum absolute atomic E-state index is 0.00224. The van der Waals surface area contributed by atoms with Crippen molar-refractivity contribution in [2.45, 2.75) is 37.6 Å². The number of hydrogen-bond acceptors (Lipinski definition) is 4. The van der Waals surface area contributed by atoms with Gasteiger partial charge in [-0.15, -0.1) is 0 Å². The lowest BCUT2D eigenvalue weighted by molar-refractivity contribution is -0.122. The van der Waals surface area contributed by atoms with Gasteiger partial charge in [0.05, 0.1) is 7.11 Å². The van der Waals surface area contributed by atoms with E-state index in [-0.39, 0.29) is 17.1 Å². The van der Waals surface area contributed by atoms with Crippen LogP contribution in [0.4, 0.5) is 4.39 Å². The highest BCUT2D eigenvalue weighted by atomic mass is 32.2. The zero-order valence-corrected chi connectivity index (χ0v) is 17.6. The van der Waals surface area contributed by atoms with E-state index in [9.17, 15) is 17.6 Å². The summed E-state index contributed by atoms with van der Waals surface area (Å²) in [4.78, 5) is 12.4. The van der Waals surface area contributed by atoms with Crippen LogP contribution < -0.4 is 14.8 Å². The SMILES string of the molecule is COc1ccc(F)cc1S(=O)(=O)NC(Cc1ccccc1)C(=O)NCCC(C)C. The Balaban J connectivity index is 2.28. The predicted molar refractivity (Wildman–Crippen MR) is 110 cm³/mol. The molecule has 1 amide bonds. The first-order valence-corrected chi connectivity index (χ1v) is 10.9. The molecule has 2 aromatic carbocycles. The number of rotatable bonds is 10. The van der Waals surface area contributed by atoms with Crippen LogP contribution >= 0.6 is 0 Å². The smallest absolute Gasteiger partial charge is 0.245 e. The monoisotopic (exact) mass is 422 g/mol. The number of ether oxygens (including phenoxy) is 1. The second-order valence-electron chi connectivity index (χ2n) is 7.13. The van der Waals surface area contributed by atoms with E-state index in [4.69, 9.17) is 4.74 Å². The molecule has 2 aromatic rings. The summed E-state index contributed by atoms with van der Waals surface area (Å²) in [5.74, 6) is -0.755. The van der Waals surface area contributed by atoms with E-state index in [0.717, 1.165) is 24.1 Å². The standard InChI is InChI=1S/C21H27FN2O4S/c1-15(2)11-12-23-21(25)18(13-16-7-5-4-6-8-16)24-29(26,27)20-14-17(22)9-10-19(20)28-3/h4-10,14-15,18,24H,11-13H2,1-3H3,(H,23,25). The van der Waals surface area contributed by atoms with Crippen molar-refractivity contribution in [1.82, 2.24) is 10.0 Å². The van der Waals surface area contributed by atoms with Gasteiger partial charge in [-0.1, -0.05) is 44.2 Å². The third-order valence-electron chi connectivity index (χ3n) is 4.33. The molecule has 0 saturated carbocycles. The molecule has 0 radical (unpaired) electrons. The van der Waals surface area contributed by atoms with Crippen LogP contribution in [0.2, 0.25) is 0 Å². The minimum atomic E-state index is -4.21. The summed E-state index contributed by atoms with van der Waals surface area (Å²) in [6.07, 6.45) is 0.930. The van der Waals surface area contributed by atoms with Crippen molar-refractivity contribution in [3.05, 3.63) is 59.9 Å². The van der Waals surface area contributed by atoms with Crippen LogP contribution in [-0.2, 0) is 21.2 Å². The molecule has 2 N–H and O–H groups in total. The molecule has 0 aliphatic rings. The molecule has 0 saturated heterocycles. The summed E-state index contributed by atoms with van der Waals surface area (Å²) in [6.45, 7) is 4.51. The van der Waals surface area contributed by atoms with Gasteiger partial charge in [0.15, 0.2) is 0 Å². The van der Waals surface area contributed by atoms with Crippen molar-refractivity contribution in [1.29, 1.82) is 0 Å². The van der Waals surface area contributed by atoms with Crippen LogP contribution in [-0.4, -0.2) is 34.0 Å². The van der Waals surface area contributed by atoms with E-state index in [2.05, 4.69) is 10.0 Å². The maximum atomic E-state index is 13.7. The first kappa shape index (κ1) is 22.8. The molecule has 0 aromatic heterocycles. The first-order valence-electron chi connectivity index (χ1n) is 9.40. The Morgan fingerprint density at radius 2 is 1.83 bits per heavy atom. The first-order chi connectivity index (χ1) is 13.7. The number of methoxy groups -OCH3 is 1. The fraction of sp³-hybridized carbons (Fsp3) is 0.381. The largest absolute Gasteiger partial charge is 0.495 e. The van der Waals surface area contributed by atoms with Crippen molar-refractivity contribution in [3.63, 3.8) is 0 Å². The summed E-state index contributed by atoms with van der Waals surface area (Å²) in [5.41, 5.74) is 0.797. The minimum Gasteiger partial charge on any atom is -0.495 e. The Kier molecular flexibility index (Phi) is 8.16. The van der Waals surface area contributed by atoms with Crippen molar-refractivity contribution in [2.24, 2.45) is 5.92 Å². The quantitative estimate of drug-likeness (QED) is 0.617. The Bertz CT molecular complexity index is 918. The number of carbonyl (C=O) groups is 1. The van der Waals surface area contributed by atoms with Gasteiger partial charge >= 0.3 is 0 Å². The highest BCUT2D eigenvalue weighted by molar-refractivity contribution is 7.89. The Morgan fingerprint density at radius 3 is 2.45 bits per heavy atom. The van der Waals surface area contributed by atoms with E-state index >= 15 is 0 Å². The Morgan fingerprint density at radius 1 is 1.14 bits per heavy atom. The highest BCUT2D eigenvalue weighted by Crippen LogP contribution is 2.24. The van der Waals surface area contributed by atoms with Gasteiger partial charge in [0, 0.05) is 6.54 Å². The Labute approximate surface area is 171 Å². The van der Waals surface area contributed by atoms with Gasteiger partial charge in [-0.3, -0.25) is 4.79 Å². The van der Waals surface area contributed by atoms with Crippen LogP contribution in [0.1, 0.15) is 25.8 Å². The third-order valence-corrected chi connectivity index (χ3v) is 5.83. The molecule has 6 nitrogen and oxygen atoms in total. The van der Waals surface area contributed by atoms with Crippen LogP contribution in [0.5, 0.6) is 5.75 Å². The number of carbonyl (C=O) groups excluding carboxylic acids is 1. The van der Waals surface area contributed by atoms with Gasteiger partial charge in [-0.25, -0.2) is 12.8 Å². The lowest BCUT2D eigenvalue weighted by Crippen LogP contribution is -2.48. The van der Waals surface area contributed by atoms with Crippen LogP contribution in [0.15, 0.2) is 53.4 Å². The molecular formula is C21H27FN2O4S. The molecule has 0 spiro atoms. The van der Waals surface area contributed by atoms with Crippen LogP contribution in [0.25, 0.3) is 0 Å². The topological polar surface area (TPSA) is 84.5 Å². The van der Waals surface area contributed by atoms with Gasteiger partial charge in [-0.2, -0.15) is 4.72 Å². The summed E-state index contributed by atoms with van der Waals surface area (Å²) in [5, 5.41) is 2.78. The number of sulfonamides is 1. The molecule has 1 unspecified atom stereocenters. The summed E-state index contributed by atoms with van der Waals surface area (Å²) in [7, 11) is -2.91. The second kappa shape index (κ2) is 10.4. The fourth-order valence-corrected chi connectivity index (χ4v) is 4.13. The Hall–Kier alpha value is -2.45. The molecule has 8 heteroatoms. The van der Waals surface area contributed by atoms with Gasteiger partial charge in [0.25, 0.3) is 0 Å². The maximum absolute atomic E-state index is 13.7. The molecule has 0 aliphatic carbocycles. The van der Waals surface area contributed by atoms with Crippen molar-refractivity contribution in [2.75, 3.05) is 13.7 Å². The van der Waals surface area contributed by atoms with Gasteiger partial charge in [0.1, 0.15) is 22.5 Å². The van der Waals surface area contributed by atoms with E-state index in [0.29, 0.717) is 12.5 Å². The predicted octanol–water partition coefficient (Wildman–Crippen LogP) is 2.89. The van der Waals surface area contributed by atoms with E-state index in [1.54, 1.807) is 0 Å². The molecule has 0 aliphatic heterocycles. The molecular weight excluding hydrogens is 395 g/mol. The van der Waals surface area contributed by atoms with Crippen molar-refractivity contribution in [3.8, 4) is 5.75 Å². The van der Waals surface area contributed by atoms with Gasteiger partial charge in [0.2, 0.25) is 15.9 Å². The molecule has 29 heavy (non-hydrogen) atoms. The number of benzene rings is 2. The molecule has 2 rings (SSSR count). The number of halogens is 1. The average Bonchev–Trinajstić information content (AvgIpc) is 2.67. The van der Waals surface area contributed by atoms with E-state index < -0.39 is 27.8 Å². The highest BCUT2D eigenvalue weighted by Gasteiger charge is 2.28. The van der Waals surface area contributed by atoms with Crippen molar-refractivity contribution < 1.29 is 22.3 Å². The molecule has 0 fully saturated rings. The van der Waals surface area contributed by atoms with Gasteiger partial charge in [-0.05, 0) is 42.5 Å². The number of hydrogen-bond donors (Lipinski definition) is 2. The number of amides is 1. The van der Waals surface area contributed by atoms with Crippen LogP contribution in [0.3, 0.4) is 0 Å². The molecule has 158 valence electrons. The zero-order valence-electron chi connectivity index (χ0n) is 16.8. The van der Waals surface area contributed by atoms with Gasteiger partial charge < -0.3 is 10.1 Å². The maximum Gasteiger partial charge on any atom is 0.245 e. The van der Waals surface area contributed by atoms with Crippen molar-refractivity contribution >= 4 is 15.9 Å². The number of nitrogens with one attached hydrogen (secondary N) is 2. The zero-order chi connectivity index (χ0) is 21.4. The summed E-state index contributed by atoms with van der Waals surface area (Å²) >= 11 is 0. The average molecular weight is 423 g/mol. The molecule has 1 atom stereocenters. The lowest BCUT2D eigenvalue weighted by Gasteiger charge is -2.20. The normalized spacial score (nSPS) is 12.6. The second-order valence-corrected chi connectivity index (χ2v) is 8.81. The van der Waals surface area contributed by atoms with E-state index in [1.807, 2.05) is 44.2 Å². The fourth-order valence-electron chi connectivity index (χ4n) is 2.76. The summed E-state index contributed by atoms with van der Waals surface area (Å²) < 4.78 is 47.0. The van der Waals surface area contributed by atoms with E-state index in [1.165, 1.54) is 13.2 Å².